The summed E-state index contributed by atoms with van der Waals surface area (Å²) in [6, 6.07) is 6.33. The number of benzene rings is 1. The average Bonchev–Trinajstić information content (AvgIpc) is 2.76. The molecule has 0 aromatic heterocycles. The van der Waals surface area contributed by atoms with Crippen molar-refractivity contribution in [2.45, 2.75) is 31.1 Å². The Bertz CT molecular complexity index is 390. The third-order valence-corrected chi connectivity index (χ3v) is 4.40. The summed E-state index contributed by atoms with van der Waals surface area (Å²) < 4.78 is 12.0. The Morgan fingerprint density at radius 1 is 1.31 bits per heavy atom. The van der Waals surface area contributed by atoms with Crippen LogP contribution in [0.2, 0.25) is 0 Å². The van der Waals surface area contributed by atoms with Crippen molar-refractivity contribution in [3.8, 4) is 0 Å². The molecule has 2 rings (SSSR count). The number of hydrogen-bond donors (Lipinski definition) is 1. The molecular formula is C13H19NOS. The summed E-state index contributed by atoms with van der Waals surface area (Å²) in [5.41, 5.74) is 2.86. The van der Waals surface area contributed by atoms with E-state index in [9.17, 15) is 4.21 Å². The van der Waals surface area contributed by atoms with Crippen LogP contribution in [0.25, 0.3) is 0 Å². The summed E-state index contributed by atoms with van der Waals surface area (Å²) >= 11 is 0. The lowest BCUT2D eigenvalue weighted by Crippen LogP contribution is -2.19. The van der Waals surface area contributed by atoms with E-state index in [-0.39, 0.29) is 0 Å². The molecule has 3 heteroatoms. The summed E-state index contributed by atoms with van der Waals surface area (Å²) in [5.74, 6) is 0.715. The zero-order valence-corrected chi connectivity index (χ0v) is 10.6. The van der Waals surface area contributed by atoms with Gasteiger partial charge in [-0.3, -0.25) is 4.21 Å². The molecule has 0 aliphatic heterocycles. The normalized spacial score (nSPS) is 16.1. The van der Waals surface area contributed by atoms with Crippen LogP contribution < -0.4 is 5.32 Å². The first-order valence-electron chi connectivity index (χ1n) is 6.02. The fourth-order valence-corrected chi connectivity index (χ4v) is 3.21. The SMILES string of the molecule is CCNCCS(=O)c1ccc2c(c1)CCC2. The van der Waals surface area contributed by atoms with Crippen LogP contribution in [0.1, 0.15) is 24.5 Å². The molecule has 1 N–H and O–H groups in total. The molecule has 16 heavy (non-hydrogen) atoms. The lowest BCUT2D eigenvalue weighted by molar-refractivity contribution is 0.677. The van der Waals surface area contributed by atoms with Crippen LogP contribution in [0.15, 0.2) is 23.1 Å². The molecule has 0 radical (unpaired) electrons. The highest BCUT2D eigenvalue weighted by Gasteiger charge is 2.12. The summed E-state index contributed by atoms with van der Waals surface area (Å²) in [5, 5.41) is 3.21. The molecule has 1 aliphatic rings. The summed E-state index contributed by atoms with van der Waals surface area (Å²) in [7, 11) is -0.840. The third-order valence-electron chi connectivity index (χ3n) is 3.05. The van der Waals surface area contributed by atoms with Gasteiger partial charge in [0.15, 0.2) is 0 Å². The van der Waals surface area contributed by atoms with Gasteiger partial charge in [0.25, 0.3) is 0 Å². The molecule has 0 saturated carbocycles. The van der Waals surface area contributed by atoms with Crippen molar-refractivity contribution in [1.29, 1.82) is 0 Å². The Balaban J connectivity index is 2.01. The van der Waals surface area contributed by atoms with E-state index in [1.807, 2.05) is 6.07 Å². The predicted molar refractivity (Wildman–Crippen MR) is 68.3 cm³/mol. The minimum Gasteiger partial charge on any atom is -0.316 e. The van der Waals surface area contributed by atoms with Gasteiger partial charge in [0, 0.05) is 17.2 Å². The molecule has 2 nitrogen and oxygen atoms in total. The second-order valence-corrected chi connectivity index (χ2v) is 5.76. The Morgan fingerprint density at radius 3 is 2.94 bits per heavy atom. The second-order valence-electron chi connectivity index (χ2n) is 4.19. The molecular weight excluding hydrogens is 218 g/mol. The molecule has 1 aromatic rings. The molecule has 1 atom stereocenters. The molecule has 1 aromatic carbocycles. The topological polar surface area (TPSA) is 29.1 Å². The molecule has 0 spiro atoms. The van der Waals surface area contributed by atoms with E-state index in [1.165, 1.54) is 24.0 Å². The monoisotopic (exact) mass is 237 g/mol. The first-order chi connectivity index (χ1) is 7.81. The van der Waals surface area contributed by atoms with E-state index >= 15 is 0 Å². The summed E-state index contributed by atoms with van der Waals surface area (Å²) in [4.78, 5) is 0.999. The lowest BCUT2D eigenvalue weighted by atomic mass is 10.1. The first kappa shape index (κ1) is 11.8. The smallest absolute Gasteiger partial charge is 0.0542 e. The van der Waals surface area contributed by atoms with E-state index < -0.39 is 10.8 Å². The van der Waals surface area contributed by atoms with Gasteiger partial charge < -0.3 is 5.32 Å². The van der Waals surface area contributed by atoms with E-state index in [1.54, 1.807) is 0 Å². The Kier molecular flexibility index (Phi) is 4.13. The number of aryl methyl sites for hydroxylation is 2. The fourth-order valence-electron chi connectivity index (χ4n) is 2.15. The van der Waals surface area contributed by atoms with Gasteiger partial charge in [-0.25, -0.2) is 0 Å². The maximum atomic E-state index is 12.0. The third kappa shape index (κ3) is 2.71. The quantitative estimate of drug-likeness (QED) is 0.792. The van der Waals surface area contributed by atoms with Crippen molar-refractivity contribution in [1.82, 2.24) is 5.32 Å². The van der Waals surface area contributed by atoms with Crippen LogP contribution in [-0.2, 0) is 23.6 Å². The molecule has 88 valence electrons. The van der Waals surface area contributed by atoms with Gasteiger partial charge in [-0.1, -0.05) is 13.0 Å². The van der Waals surface area contributed by atoms with Crippen LogP contribution >= 0.6 is 0 Å². The maximum Gasteiger partial charge on any atom is 0.0542 e. The van der Waals surface area contributed by atoms with Gasteiger partial charge in [0.1, 0.15) is 0 Å². The largest absolute Gasteiger partial charge is 0.316 e. The van der Waals surface area contributed by atoms with Crippen LogP contribution in [0.5, 0.6) is 0 Å². The number of hydrogen-bond acceptors (Lipinski definition) is 2. The highest BCUT2D eigenvalue weighted by molar-refractivity contribution is 7.85. The Morgan fingerprint density at radius 2 is 2.12 bits per heavy atom. The highest BCUT2D eigenvalue weighted by atomic mass is 32.2. The van der Waals surface area contributed by atoms with E-state index in [4.69, 9.17) is 0 Å². The zero-order valence-electron chi connectivity index (χ0n) is 9.79. The maximum absolute atomic E-state index is 12.0. The Hall–Kier alpha value is -0.670. The number of fused-ring (bicyclic) bond motifs is 1. The molecule has 0 saturated heterocycles. The van der Waals surface area contributed by atoms with Gasteiger partial charge >= 0.3 is 0 Å². The second kappa shape index (κ2) is 5.60. The van der Waals surface area contributed by atoms with Gasteiger partial charge in [-0.15, -0.1) is 0 Å². The molecule has 0 bridgehead atoms. The fraction of sp³-hybridized carbons (Fsp3) is 0.538. The number of nitrogens with one attached hydrogen (secondary N) is 1. The molecule has 0 fully saturated rings. The van der Waals surface area contributed by atoms with Crippen molar-refractivity contribution in [3.05, 3.63) is 29.3 Å². The minimum atomic E-state index is -0.840. The molecule has 0 amide bonds. The van der Waals surface area contributed by atoms with E-state index in [0.717, 1.165) is 24.4 Å². The van der Waals surface area contributed by atoms with Crippen molar-refractivity contribution < 1.29 is 4.21 Å². The van der Waals surface area contributed by atoms with Gasteiger partial charge in [-0.05, 0) is 49.1 Å². The number of rotatable bonds is 5. The summed E-state index contributed by atoms with van der Waals surface area (Å²) in [6.07, 6.45) is 3.61. The van der Waals surface area contributed by atoms with Crippen molar-refractivity contribution in [3.63, 3.8) is 0 Å². The van der Waals surface area contributed by atoms with E-state index in [0.29, 0.717) is 5.75 Å². The van der Waals surface area contributed by atoms with E-state index in [2.05, 4.69) is 24.4 Å². The average molecular weight is 237 g/mol. The lowest BCUT2D eigenvalue weighted by Gasteiger charge is -2.05. The minimum absolute atomic E-state index is 0.715. The Labute approximate surface area is 99.9 Å². The van der Waals surface area contributed by atoms with Crippen LogP contribution in [-0.4, -0.2) is 23.1 Å². The molecule has 1 aliphatic carbocycles. The zero-order chi connectivity index (χ0) is 11.4. The predicted octanol–water partition coefficient (Wildman–Crippen LogP) is 1.89. The first-order valence-corrected chi connectivity index (χ1v) is 7.34. The molecule has 1 unspecified atom stereocenters. The van der Waals surface area contributed by atoms with Crippen LogP contribution in [0, 0.1) is 0 Å². The standard InChI is InChI=1S/C13H19NOS/c1-2-14-8-9-16(15)13-7-6-11-4-3-5-12(11)10-13/h6-7,10,14H,2-5,8-9H2,1H3. The van der Waals surface area contributed by atoms with Gasteiger partial charge in [0.05, 0.1) is 10.8 Å². The van der Waals surface area contributed by atoms with Crippen LogP contribution in [0.4, 0.5) is 0 Å². The molecule has 0 heterocycles. The van der Waals surface area contributed by atoms with Crippen molar-refractivity contribution >= 4 is 10.8 Å². The van der Waals surface area contributed by atoms with Crippen molar-refractivity contribution in [2.75, 3.05) is 18.8 Å². The summed E-state index contributed by atoms with van der Waals surface area (Å²) in [6.45, 7) is 3.85. The highest BCUT2D eigenvalue weighted by Crippen LogP contribution is 2.24. The van der Waals surface area contributed by atoms with Crippen molar-refractivity contribution in [2.24, 2.45) is 0 Å². The van der Waals surface area contributed by atoms with Gasteiger partial charge in [0.2, 0.25) is 0 Å². The van der Waals surface area contributed by atoms with Crippen LogP contribution in [0.3, 0.4) is 0 Å². The van der Waals surface area contributed by atoms with Gasteiger partial charge in [-0.2, -0.15) is 0 Å².